The smallest absolute Gasteiger partial charge is 0.434 e. The first-order valence-electron chi connectivity index (χ1n) is 10.6. The number of nitrogens with zero attached hydrogens (tertiary/aromatic N) is 3. The molecule has 2 aromatic carbocycles. The predicted molar refractivity (Wildman–Crippen MR) is 121 cm³/mol. The summed E-state index contributed by atoms with van der Waals surface area (Å²) in [5.41, 5.74) is -0.439. The number of carbonyl (C=O) groups is 2. The fourth-order valence-electron chi connectivity index (χ4n) is 3.56. The van der Waals surface area contributed by atoms with E-state index in [1.165, 1.54) is 6.20 Å². The Bertz CT molecular complexity index is 1370. The van der Waals surface area contributed by atoms with Crippen LogP contribution in [0.5, 0.6) is 0 Å². The molecule has 0 bridgehead atoms. The van der Waals surface area contributed by atoms with Crippen LogP contribution >= 0.6 is 0 Å². The molecule has 184 valence electrons. The van der Waals surface area contributed by atoms with E-state index in [9.17, 15) is 32.3 Å². The van der Waals surface area contributed by atoms with E-state index >= 15 is 0 Å². The molecule has 0 radical (unpaired) electrons. The summed E-state index contributed by atoms with van der Waals surface area (Å²) in [6.07, 6.45) is -3.08. The lowest BCUT2D eigenvalue weighted by Gasteiger charge is -2.16. The van der Waals surface area contributed by atoms with Gasteiger partial charge in [-0.2, -0.15) is 18.3 Å². The highest BCUT2D eigenvalue weighted by Gasteiger charge is 2.41. The molecule has 36 heavy (non-hydrogen) atoms. The average Bonchev–Trinajstić information content (AvgIpc) is 3.31. The van der Waals surface area contributed by atoms with Crippen molar-refractivity contribution in [1.29, 1.82) is 0 Å². The lowest BCUT2D eigenvalue weighted by atomic mass is 10.1. The Morgan fingerprint density at radius 3 is 2.25 bits per heavy atom. The van der Waals surface area contributed by atoms with Gasteiger partial charge in [-0.1, -0.05) is 36.4 Å². The second kappa shape index (κ2) is 9.98. The van der Waals surface area contributed by atoms with Crippen LogP contribution in [0.15, 0.2) is 79.1 Å². The van der Waals surface area contributed by atoms with E-state index in [-0.39, 0.29) is 12.1 Å². The largest absolute Gasteiger partial charge is 0.480 e. The van der Waals surface area contributed by atoms with Crippen LogP contribution < -0.4 is 5.32 Å². The van der Waals surface area contributed by atoms with Crippen LogP contribution in [-0.4, -0.2) is 37.8 Å². The van der Waals surface area contributed by atoms with Gasteiger partial charge in [0, 0.05) is 18.2 Å². The zero-order chi connectivity index (χ0) is 25.9. The Hall–Kier alpha value is -4.54. The molecule has 2 aromatic heterocycles. The summed E-state index contributed by atoms with van der Waals surface area (Å²) >= 11 is 0. The highest BCUT2D eigenvalue weighted by molar-refractivity contribution is 5.97. The van der Waals surface area contributed by atoms with Gasteiger partial charge in [0.15, 0.2) is 5.69 Å². The van der Waals surface area contributed by atoms with Crippen LogP contribution in [0.4, 0.5) is 17.6 Å². The number of hydrogen-bond acceptors (Lipinski definition) is 4. The molecule has 7 nitrogen and oxygen atoms in total. The van der Waals surface area contributed by atoms with Gasteiger partial charge in [0.05, 0.1) is 23.1 Å². The van der Waals surface area contributed by atoms with E-state index in [1.807, 2.05) is 30.3 Å². The Morgan fingerprint density at radius 1 is 0.972 bits per heavy atom. The number of carboxylic acid groups (broad SMARTS) is 1. The SMILES string of the molecule is O=C(NC(Cc1ccc(-c2ccccc2)nc1)C(=O)O)c1cnn(-c2ccc(F)cc2)c1C(F)(F)F. The van der Waals surface area contributed by atoms with Crippen molar-refractivity contribution in [1.82, 2.24) is 20.1 Å². The number of benzene rings is 2. The Labute approximate surface area is 202 Å². The molecule has 0 aliphatic heterocycles. The minimum atomic E-state index is -5.01. The zero-order valence-electron chi connectivity index (χ0n) is 18.4. The normalized spacial score (nSPS) is 12.2. The van der Waals surface area contributed by atoms with Crippen LogP contribution in [0.25, 0.3) is 16.9 Å². The van der Waals surface area contributed by atoms with Gasteiger partial charge >= 0.3 is 12.1 Å². The van der Waals surface area contributed by atoms with Crippen LogP contribution in [0.2, 0.25) is 0 Å². The summed E-state index contributed by atoms with van der Waals surface area (Å²) in [7, 11) is 0. The minimum Gasteiger partial charge on any atom is -0.480 e. The molecule has 0 saturated carbocycles. The fraction of sp³-hybridized carbons (Fsp3) is 0.120. The molecule has 1 unspecified atom stereocenters. The fourth-order valence-corrected chi connectivity index (χ4v) is 3.56. The Kier molecular flexibility index (Phi) is 6.82. The molecule has 0 spiro atoms. The molecule has 2 heterocycles. The molecular weight excluding hydrogens is 480 g/mol. The number of hydrogen-bond donors (Lipinski definition) is 2. The maximum absolute atomic E-state index is 13.8. The third-order valence-corrected chi connectivity index (χ3v) is 5.29. The van der Waals surface area contributed by atoms with Gasteiger partial charge in [-0.15, -0.1) is 0 Å². The van der Waals surface area contributed by atoms with Gasteiger partial charge in [0.25, 0.3) is 5.91 Å². The van der Waals surface area contributed by atoms with Gasteiger partial charge in [-0.3, -0.25) is 9.78 Å². The number of alkyl halides is 3. The number of nitrogens with one attached hydrogen (secondary N) is 1. The Balaban J connectivity index is 1.56. The van der Waals surface area contributed by atoms with E-state index in [2.05, 4.69) is 15.4 Å². The zero-order valence-corrected chi connectivity index (χ0v) is 18.4. The van der Waals surface area contributed by atoms with Gasteiger partial charge in [0.1, 0.15) is 11.9 Å². The maximum Gasteiger partial charge on any atom is 0.434 e. The molecule has 11 heteroatoms. The van der Waals surface area contributed by atoms with Crippen molar-refractivity contribution in [2.45, 2.75) is 18.6 Å². The lowest BCUT2D eigenvalue weighted by Crippen LogP contribution is -2.42. The molecule has 2 N–H and O–H groups in total. The first kappa shape index (κ1) is 24.6. The first-order chi connectivity index (χ1) is 17.1. The first-order valence-corrected chi connectivity index (χ1v) is 10.6. The van der Waals surface area contributed by atoms with E-state index in [0.717, 1.165) is 29.8 Å². The summed E-state index contributed by atoms with van der Waals surface area (Å²) in [6.45, 7) is 0. The number of carboxylic acids is 1. The van der Waals surface area contributed by atoms with Crippen LogP contribution in [-0.2, 0) is 17.4 Å². The summed E-state index contributed by atoms with van der Waals surface area (Å²) in [6, 6.07) is 15.1. The summed E-state index contributed by atoms with van der Waals surface area (Å²) < 4.78 is 55.2. The van der Waals surface area contributed by atoms with Crippen molar-refractivity contribution >= 4 is 11.9 Å². The lowest BCUT2D eigenvalue weighted by molar-refractivity contribution is -0.143. The number of carbonyl (C=O) groups excluding carboxylic acids is 1. The second-order valence-electron chi connectivity index (χ2n) is 7.78. The van der Waals surface area contributed by atoms with Crippen molar-refractivity contribution in [2.24, 2.45) is 0 Å². The van der Waals surface area contributed by atoms with Crippen molar-refractivity contribution in [3.63, 3.8) is 0 Å². The molecule has 4 aromatic rings. The number of aromatic nitrogens is 3. The summed E-state index contributed by atoms with van der Waals surface area (Å²) in [5.74, 6) is -3.36. The summed E-state index contributed by atoms with van der Waals surface area (Å²) in [5, 5.41) is 15.4. The number of rotatable bonds is 7. The molecule has 1 atom stereocenters. The Morgan fingerprint density at radius 2 is 1.67 bits per heavy atom. The topological polar surface area (TPSA) is 97.1 Å². The molecule has 4 rings (SSSR count). The van der Waals surface area contributed by atoms with Gasteiger partial charge in [-0.25, -0.2) is 13.9 Å². The molecule has 0 saturated heterocycles. The van der Waals surface area contributed by atoms with E-state index in [1.54, 1.807) is 12.1 Å². The molecule has 0 aliphatic carbocycles. The number of amides is 1. The van der Waals surface area contributed by atoms with Crippen molar-refractivity contribution in [3.05, 3.63) is 102 Å². The van der Waals surface area contributed by atoms with E-state index in [4.69, 9.17) is 0 Å². The summed E-state index contributed by atoms with van der Waals surface area (Å²) in [4.78, 5) is 28.8. The second-order valence-corrected chi connectivity index (χ2v) is 7.78. The van der Waals surface area contributed by atoms with Crippen LogP contribution in [0.1, 0.15) is 21.6 Å². The number of aliphatic carboxylic acids is 1. The van der Waals surface area contributed by atoms with Gasteiger partial charge in [-0.05, 0) is 35.9 Å². The van der Waals surface area contributed by atoms with E-state index < -0.39 is 41.2 Å². The standard InChI is InChI=1S/C25H18F4N4O3/c26-17-7-9-18(10-8-17)33-22(25(27,28)29)19(14-31-33)23(34)32-21(24(35)36)12-15-6-11-20(30-13-15)16-4-2-1-3-5-16/h1-11,13-14,21H,12H2,(H,32,34)(H,35,36). The molecule has 0 aliphatic rings. The van der Waals surface area contributed by atoms with Gasteiger partial charge in [0.2, 0.25) is 0 Å². The third kappa shape index (κ3) is 5.40. The molecule has 1 amide bonds. The predicted octanol–water partition coefficient (Wildman–Crippen LogP) is 4.52. The quantitative estimate of drug-likeness (QED) is 0.366. The minimum absolute atomic E-state index is 0.123. The van der Waals surface area contributed by atoms with Crippen LogP contribution in [0.3, 0.4) is 0 Å². The highest BCUT2D eigenvalue weighted by Crippen LogP contribution is 2.33. The van der Waals surface area contributed by atoms with Crippen LogP contribution in [0, 0.1) is 5.82 Å². The third-order valence-electron chi connectivity index (χ3n) is 5.29. The average molecular weight is 498 g/mol. The maximum atomic E-state index is 13.8. The van der Waals surface area contributed by atoms with Crippen molar-refractivity contribution < 1.29 is 32.3 Å². The van der Waals surface area contributed by atoms with E-state index in [0.29, 0.717) is 22.1 Å². The van der Waals surface area contributed by atoms with Crippen molar-refractivity contribution in [3.8, 4) is 16.9 Å². The van der Waals surface area contributed by atoms with Crippen molar-refractivity contribution in [2.75, 3.05) is 0 Å². The number of pyridine rings is 1. The number of halogens is 4. The molecular formula is C25H18F4N4O3. The molecule has 0 fully saturated rings. The highest BCUT2D eigenvalue weighted by atomic mass is 19.4. The monoisotopic (exact) mass is 498 g/mol. The van der Waals surface area contributed by atoms with Gasteiger partial charge < -0.3 is 10.4 Å².